The number of hydrogen-bond donors (Lipinski definition) is 3. The van der Waals surface area contributed by atoms with Crippen molar-refractivity contribution in [1.29, 1.82) is 0 Å². The van der Waals surface area contributed by atoms with E-state index in [2.05, 4.69) is 10.5 Å². The van der Waals surface area contributed by atoms with E-state index >= 15 is 0 Å². The van der Waals surface area contributed by atoms with Crippen LogP contribution in [-0.2, 0) is 0 Å². The molecule has 0 radical (unpaired) electrons. The van der Waals surface area contributed by atoms with Crippen LogP contribution in [0.1, 0.15) is 30.6 Å². The lowest BCUT2D eigenvalue weighted by Crippen LogP contribution is -2.55. The highest BCUT2D eigenvalue weighted by atomic mass is 16.5. The van der Waals surface area contributed by atoms with E-state index in [1.807, 2.05) is 6.92 Å². The average Bonchev–Trinajstić information content (AvgIpc) is 2.52. The van der Waals surface area contributed by atoms with Gasteiger partial charge < -0.3 is 25.7 Å². The zero-order chi connectivity index (χ0) is 16.0. The minimum Gasteiger partial charge on any atom is -0.497 e. The first kappa shape index (κ1) is 16.6. The van der Waals surface area contributed by atoms with Gasteiger partial charge in [0.05, 0.1) is 25.3 Å². The number of carbonyl (C=O) groups is 1. The molecule has 1 rings (SSSR count). The molecule has 0 aliphatic rings. The molecule has 0 aliphatic heterocycles. The molecule has 1 atom stereocenters. The maximum Gasteiger partial charge on any atom is 0.255 e. The number of carbonyl (C=O) groups excluding carboxylic acids is 1. The standard InChI is InChI=1S/C14H21N3O4/c1-5-14(2,13(15)17-19)16-12(18)10-7-6-9(20-3)8-11(10)21-4/h6-8,19H,5H2,1-4H3,(H2,15,17)(H,16,18). The summed E-state index contributed by atoms with van der Waals surface area (Å²) in [6, 6.07) is 4.86. The number of ether oxygens (including phenoxy) is 2. The van der Waals surface area contributed by atoms with E-state index < -0.39 is 5.54 Å². The molecular formula is C14H21N3O4. The second-order valence-electron chi connectivity index (χ2n) is 4.69. The zero-order valence-corrected chi connectivity index (χ0v) is 12.6. The summed E-state index contributed by atoms with van der Waals surface area (Å²) in [5, 5.41) is 14.5. The van der Waals surface area contributed by atoms with Crippen molar-refractivity contribution in [3.05, 3.63) is 23.8 Å². The first-order valence-corrected chi connectivity index (χ1v) is 6.44. The van der Waals surface area contributed by atoms with Crippen molar-refractivity contribution in [2.45, 2.75) is 25.8 Å². The lowest BCUT2D eigenvalue weighted by Gasteiger charge is -2.28. The van der Waals surface area contributed by atoms with Crippen molar-refractivity contribution in [2.24, 2.45) is 10.9 Å². The second kappa shape index (κ2) is 6.83. The number of oxime groups is 1. The van der Waals surface area contributed by atoms with Gasteiger partial charge in [-0.15, -0.1) is 0 Å². The first-order valence-electron chi connectivity index (χ1n) is 6.44. The highest BCUT2D eigenvalue weighted by Gasteiger charge is 2.30. The van der Waals surface area contributed by atoms with Gasteiger partial charge in [0.1, 0.15) is 11.5 Å². The molecule has 7 nitrogen and oxygen atoms in total. The number of hydrogen-bond acceptors (Lipinski definition) is 5. The molecule has 116 valence electrons. The summed E-state index contributed by atoms with van der Waals surface area (Å²) in [4.78, 5) is 12.4. The topological polar surface area (TPSA) is 106 Å². The van der Waals surface area contributed by atoms with Crippen LogP contribution >= 0.6 is 0 Å². The van der Waals surface area contributed by atoms with E-state index in [0.717, 1.165) is 0 Å². The molecule has 0 heterocycles. The van der Waals surface area contributed by atoms with Gasteiger partial charge in [-0.3, -0.25) is 4.79 Å². The summed E-state index contributed by atoms with van der Waals surface area (Å²) in [6.07, 6.45) is 0.465. The molecule has 0 aliphatic carbocycles. The largest absolute Gasteiger partial charge is 0.497 e. The van der Waals surface area contributed by atoms with Crippen molar-refractivity contribution in [2.75, 3.05) is 14.2 Å². The SMILES string of the molecule is CCC(C)(NC(=O)c1ccc(OC)cc1OC)/C(N)=N/O. The Morgan fingerprint density at radius 2 is 2.10 bits per heavy atom. The third-order valence-electron chi connectivity index (χ3n) is 3.42. The number of nitrogens with two attached hydrogens (primary N) is 1. The minimum atomic E-state index is -0.948. The van der Waals surface area contributed by atoms with Gasteiger partial charge in [0.15, 0.2) is 5.84 Å². The van der Waals surface area contributed by atoms with Gasteiger partial charge in [-0.05, 0) is 25.5 Å². The third-order valence-corrected chi connectivity index (χ3v) is 3.42. The van der Waals surface area contributed by atoms with Crippen LogP contribution in [0.4, 0.5) is 0 Å². The summed E-state index contributed by atoms with van der Waals surface area (Å²) >= 11 is 0. The Bertz CT molecular complexity index is 545. The van der Waals surface area contributed by atoms with Crippen LogP contribution < -0.4 is 20.5 Å². The highest BCUT2D eigenvalue weighted by molar-refractivity contribution is 6.01. The molecule has 0 saturated heterocycles. The van der Waals surface area contributed by atoms with Crippen molar-refractivity contribution < 1.29 is 19.5 Å². The fraction of sp³-hybridized carbons (Fsp3) is 0.429. The highest BCUT2D eigenvalue weighted by Crippen LogP contribution is 2.25. The maximum atomic E-state index is 12.4. The quantitative estimate of drug-likeness (QED) is 0.318. The lowest BCUT2D eigenvalue weighted by atomic mass is 9.96. The number of amides is 1. The van der Waals surface area contributed by atoms with E-state index in [1.165, 1.54) is 14.2 Å². The predicted octanol–water partition coefficient (Wildman–Crippen LogP) is 1.35. The van der Waals surface area contributed by atoms with Crippen LogP contribution in [0.25, 0.3) is 0 Å². The molecule has 1 aromatic carbocycles. The molecule has 7 heteroatoms. The summed E-state index contributed by atoms with van der Waals surface area (Å²) in [5.41, 5.74) is 5.03. The molecule has 21 heavy (non-hydrogen) atoms. The van der Waals surface area contributed by atoms with E-state index in [0.29, 0.717) is 23.5 Å². The first-order chi connectivity index (χ1) is 9.91. The van der Waals surface area contributed by atoms with Gasteiger partial charge in [0.25, 0.3) is 5.91 Å². The monoisotopic (exact) mass is 295 g/mol. The van der Waals surface area contributed by atoms with Crippen LogP contribution in [-0.4, -0.2) is 36.7 Å². The van der Waals surface area contributed by atoms with Gasteiger partial charge >= 0.3 is 0 Å². The van der Waals surface area contributed by atoms with E-state index in [1.54, 1.807) is 25.1 Å². The summed E-state index contributed by atoms with van der Waals surface area (Å²) in [6.45, 7) is 3.50. The van der Waals surface area contributed by atoms with Crippen molar-refractivity contribution in [3.63, 3.8) is 0 Å². The molecule has 1 unspecified atom stereocenters. The zero-order valence-electron chi connectivity index (χ0n) is 12.6. The number of methoxy groups -OCH3 is 2. The van der Waals surface area contributed by atoms with Crippen LogP contribution in [0.3, 0.4) is 0 Å². The Morgan fingerprint density at radius 3 is 2.57 bits per heavy atom. The Kier molecular flexibility index (Phi) is 5.40. The van der Waals surface area contributed by atoms with Crippen LogP contribution in [0.5, 0.6) is 11.5 Å². The summed E-state index contributed by atoms with van der Waals surface area (Å²) < 4.78 is 10.3. The van der Waals surface area contributed by atoms with Gasteiger partial charge in [-0.25, -0.2) is 0 Å². The van der Waals surface area contributed by atoms with Gasteiger partial charge in [0.2, 0.25) is 0 Å². The predicted molar refractivity (Wildman–Crippen MR) is 79.1 cm³/mol. The number of rotatable bonds is 6. The van der Waals surface area contributed by atoms with Crippen LogP contribution in [0.2, 0.25) is 0 Å². The van der Waals surface area contributed by atoms with Crippen LogP contribution in [0, 0.1) is 0 Å². The third kappa shape index (κ3) is 3.56. The smallest absolute Gasteiger partial charge is 0.255 e. The molecule has 1 amide bonds. The van der Waals surface area contributed by atoms with E-state index in [9.17, 15) is 4.79 Å². The number of benzene rings is 1. The molecule has 1 aromatic rings. The maximum absolute atomic E-state index is 12.4. The fourth-order valence-corrected chi connectivity index (χ4v) is 1.75. The fourth-order valence-electron chi connectivity index (χ4n) is 1.75. The Morgan fingerprint density at radius 1 is 1.43 bits per heavy atom. The normalized spacial score (nSPS) is 14.2. The molecule has 4 N–H and O–H groups in total. The molecule has 0 aromatic heterocycles. The Labute approximate surface area is 123 Å². The Balaban J connectivity index is 3.09. The van der Waals surface area contributed by atoms with Crippen molar-refractivity contribution in [3.8, 4) is 11.5 Å². The lowest BCUT2D eigenvalue weighted by molar-refractivity contribution is 0.0922. The van der Waals surface area contributed by atoms with E-state index in [4.69, 9.17) is 20.4 Å². The average molecular weight is 295 g/mol. The number of nitrogens with one attached hydrogen (secondary N) is 1. The summed E-state index contributed by atoms with van der Waals surface area (Å²) in [7, 11) is 3.00. The molecule has 0 bridgehead atoms. The van der Waals surface area contributed by atoms with Crippen molar-refractivity contribution in [1.82, 2.24) is 5.32 Å². The number of amidine groups is 1. The molecule has 0 fully saturated rings. The van der Waals surface area contributed by atoms with Gasteiger partial charge in [-0.1, -0.05) is 12.1 Å². The number of nitrogens with zero attached hydrogens (tertiary/aromatic N) is 1. The van der Waals surface area contributed by atoms with Crippen LogP contribution in [0.15, 0.2) is 23.4 Å². The molecule has 0 saturated carbocycles. The van der Waals surface area contributed by atoms with Gasteiger partial charge in [0, 0.05) is 6.07 Å². The minimum absolute atomic E-state index is 0.0640. The van der Waals surface area contributed by atoms with Gasteiger partial charge in [-0.2, -0.15) is 0 Å². The molecule has 0 spiro atoms. The van der Waals surface area contributed by atoms with Crippen molar-refractivity contribution >= 4 is 11.7 Å². The molecular weight excluding hydrogens is 274 g/mol. The Hall–Kier alpha value is -2.44. The second-order valence-corrected chi connectivity index (χ2v) is 4.69. The van der Waals surface area contributed by atoms with E-state index in [-0.39, 0.29) is 11.7 Å². The summed E-state index contributed by atoms with van der Waals surface area (Å²) in [5.74, 6) is 0.513.